The second-order valence-electron chi connectivity index (χ2n) is 4.44. The van der Waals surface area contributed by atoms with E-state index in [1.54, 1.807) is 25.6 Å². The fourth-order valence-electron chi connectivity index (χ4n) is 2.25. The van der Waals surface area contributed by atoms with Crippen molar-refractivity contribution in [2.75, 3.05) is 34.0 Å². The predicted molar refractivity (Wildman–Crippen MR) is 68.3 cm³/mol. The van der Waals surface area contributed by atoms with Crippen molar-refractivity contribution in [3.8, 4) is 0 Å². The topological polar surface area (TPSA) is 43.4 Å². The first-order valence-corrected chi connectivity index (χ1v) is 6.84. The Bertz CT molecular complexity index is 327. The van der Waals surface area contributed by atoms with Gasteiger partial charge in [0.2, 0.25) is 0 Å². The maximum absolute atomic E-state index is 5.43. The van der Waals surface area contributed by atoms with Gasteiger partial charge in [-0.1, -0.05) is 0 Å². The molecule has 5 heteroatoms. The number of hydrogen-bond acceptors (Lipinski definition) is 5. The van der Waals surface area contributed by atoms with Gasteiger partial charge in [0.15, 0.2) is 0 Å². The van der Waals surface area contributed by atoms with Crippen LogP contribution in [0.3, 0.4) is 0 Å². The molecule has 0 radical (unpaired) electrons. The molecular weight excluding hydrogens is 236 g/mol. The highest BCUT2D eigenvalue weighted by Crippen LogP contribution is 2.46. The van der Waals surface area contributed by atoms with Crippen molar-refractivity contribution in [1.82, 2.24) is 10.3 Å². The summed E-state index contributed by atoms with van der Waals surface area (Å²) in [4.78, 5) is 4.48. The number of aromatic nitrogens is 1. The smallest absolute Gasteiger partial charge is 0.115 e. The monoisotopic (exact) mass is 256 g/mol. The molecule has 0 bridgehead atoms. The fraction of sp³-hybridized carbons (Fsp3) is 0.750. The summed E-state index contributed by atoms with van der Waals surface area (Å²) < 4.78 is 10.5. The van der Waals surface area contributed by atoms with E-state index < -0.39 is 0 Å². The summed E-state index contributed by atoms with van der Waals surface area (Å²) in [7, 11) is 3.48. The molecule has 1 aromatic rings. The van der Waals surface area contributed by atoms with Gasteiger partial charge in [0.05, 0.1) is 18.8 Å². The molecule has 0 spiro atoms. The Kier molecular flexibility index (Phi) is 4.50. The quantitative estimate of drug-likeness (QED) is 0.718. The van der Waals surface area contributed by atoms with Gasteiger partial charge in [-0.3, -0.25) is 0 Å². The van der Waals surface area contributed by atoms with Crippen molar-refractivity contribution in [3.63, 3.8) is 0 Å². The third-order valence-electron chi connectivity index (χ3n) is 3.21. The van der Waals surface area contributed by atoms with E-state index in [1.165, 1.54) is 12.8 Å². The highest BCUT2D eigenvalue weighted by molar-refractivity contribution is 7.09. The SMILES string of the molecule is COCCNC(COC)(c1nccs1)C1CC1. The number of nitrogens with one attached hydrogen (secondary N) is 1. The molecule has 1 heterocycles. The maximum atomic E-state index is 5.43. The standard InChI is InChI=1S/C12H20N2O2S/c1-15-7-5-14-12(9-16-2,10-3-4-10)11-13-6-8-17-11/h6,8,10,14H,3-5,7,9H2,1-2H3. The summed E-state index contributed by atoms with van der Waals surface area (Å²) >= 11 is 1.70. The van der Waals surface area contributed by atoms with Crippen LogP contribution in [0.15, 0.2) is 11.6 Å². The highest BCUT2D eigenvalue weighted by Gasteiger charge is 2.48. The van der Waals surface area contributed by atoms with Crippen LogP contribution in [0, 0.1) is 5.92 Å². The molecule has 1 N–H and O–H groups in total. The summed E-state index contributed by atoms with van der Waals surface area (Å²) in [5.41, 5.74) is -0.110. The van der Waals surface area contributed by atoms with Crippen molar-refractivity contribution in [1.29, 1.82) is 0 Å². The zero-order chi connectivity index (χ0) is 12.1. The molecule has 1 aromatic heterocycles. The number of hydrogen-bond donors (Lipinski definition) is 1. The summed E-state index contributed by atoms with van der Waals surface area (Å²) in [6, 6.07) is 0. The normalized spacial score (nSPS) is 19.2. The lowest BCUT2D eigenvalue weighted by Crippen LogP contribution is -2.49. The van der Waals surface area contributed by atoms with Gasteiger partial charge in [-0.05, 0) is 18.8 Å². The van der Waals surface area contributed by atoms with Crippen LogP contribution in [0.25, 0.3) is 0 Å². The summed E-state index contributed by atoms with van der Waals surface area (Å²) in [5, 5.41) is 6.76. The average Bonchev–Trinajstić information content (AvgIpc) is 3.04. The minimum atomic E-state index is -0.110. The average molecular weight is 256 g/mol. The van der Waals surface area contributed by atoms with Crippen molar-refractivity contribution in [2.45, 2.75) is 18.4 Å². The lowest BCUT2D eigenvalue weighted by atomic mass is 9.94. The van der Waals surface area contributed by atoms with Crippen molar-refractivity contribution in [2.24, 2.45) is 5.92 Å². The second kappa shape index (κ2) is 5.91. The van der Waals surface area contributed by atoms with Gasteiger partial charge in [-0.15, -0.1) is 11.3 Å². The lowest BCUT2D eigenvalue weighted by Gasteiger charge is -2.32. The van der Waals surface area contributed by atoms with Gasteiger partial charge in [0, 0.05) is 32.3 Å². The number of ether oxygens (including phenoxy) is 2. The van der Waals surface area contributed by atoms with Crippen LogP contribution in [0.4, 0.5) is 0 Å². The second-order valence-corrected chi connectivity index (χ2v) is 5.33. The van der Waals surface area contributed by atoms with E-state index in [2.05, 4.69) is 10.3 Å². The van der Waals surface area contributed by atoms with Gasteiger partial charge >= 0.3 is 0 Å². The molecule has 2 rings (SSSR count). The third-order valence-corrected chi connectivity index (χ3v) is 4.16. The van der Waals surface area contributed by atoms with Gasteiger partial charge in [-0.25, -0.2) is 4.98 Å². The van der Waals surface area contributed by atoms with Crippen LogP contribution in [0.2, 0.25) is 0 Å². The number of rotatable bonds is 8. The summed E-state index contributed by atoms with van der Waals surface area (Å²) in [6.45, 7) is 2.22. The molecule has 0 saturated heterocycles. The molecule has 4 nitrogen and oxygen atoms in total. The van der Waals surface area contributed by atoms with Crippen molar-refractivity contribution >= 4 is 11.3 Å². The number of thiazole rings is 1. The Morgan fingerprint density at radius 1 is 1.47 bits per heavy atom. The Labute approximate surface area is 106 Å². The molecule has 0 aliphatic heterocycles. The van der Waals surface area contributed by atoms with Crippen LogP contribution in [-0.4, -0.2) is 39.0 Å². The molecule has 1 atom stereocenters. The Morgan fingerprint density at radius 3 is 2.82 bits per heavy atom. The number of nitrogens with zero attached hydrogens (tertiary/aromatic N) is 1. The first-order chi connectivity index (χ1) is 8.33. The fourth-order valence-corrected chi connectivity index (χ4v) is 3.13. The summed E-state index contributed by atoms with van der Waals surface area (Å²) in [5.74, 6) is 0.644. The minimum absolute atomic E-state index is 0.110. The predicted octanol–water partition coefficient (Wildman–Crippen LogP) is 1.63. The Hall–Kier alpha value is -0.490. The molecule has 96 valence electrons. The first-order valence-electron chi connectivity index (χ1n) is 5.96. The molecular formula is C12H20N2O2S. The third kappa shape index (κ3) is 2.85. The van der Waals surface area contributed by atoms with Crippen molar-refractivity contribution < 1.29 is 9.47 Å². The minimum Gasteiger partial charge on any atom is -0.383 e. The van der Waals surface area contributed by atoms with E-state index >= 15 is 0 Å². The van der Waals surface area contributed by atoms with E-state index in [0.717, 1.165) is 11.6 Å². The zero-order valence-electron chi connectivity index (χ0n) is 10.4. The molecule has 1 unspecified atom stereocenters. The molecule has 17 heavy (non-hydrogen) atoms. The van der Waals surface area contributed by atoms with Crippen molar-refractivity contribution in [3.05, 3.63) is 16.6 Å². The Balaban J connectivity index is 2.13. The van der Waals surface area contributed by atoms with E-state index in [9.17, 15) is 0 Å². The van der Waals surface area contributed by atoms with Crippen LogP contribution in [-0.2, 0) is 15.0 Å². The molecule has 1 saturated carbocycles. The molecule has 1 aliphatic carbocycles. The Morgan fingerprint density at radius 2 is 2.29 bits per heavy atom. The van der Waals surface area contributed by atoms with E-state index in [4.69, 9.17) is 9.47 Å². The molecule has 0 aromatic carbocycles. The van der Waals surface area contributed by atoms with Gasteiger partial charge in [-0.2, -0.15) is 0 Å². The molecule has 1 fully saturated rings. The molecule has 0 amide bonds. The van der Waals surface area contributed by atoms with Crippen LogP contribution in [0.5, 0.6) is 0 Å². The highest BCUT2D eigenvalue weighted by atomic mass is 32.1. The van der Waals surface area contributed by atoms with E-state index in [0.29, 0.717) is 19.1 Å². The largest absolute Gasteiger partial charge is 0.383 e. The van der Waals surface area contributed by atoms with Crippen LogP contribution in [0.1, 0.15) is 17.8 Å². The molecule has 1 aliphatic rings. The van der Waals surface area contributed by atoms with Crippen LogP contribution < -0.4 is 5.32 Å². The van der Waals surface area contributed by atoms with Gasteiger partial charge in [0.25, 0.3) is 0 Å². The summed E-state index contributed by atoms with van der Waals surface area (Å²) in [6.07, 6.45) is 4.37. The lowest BCUT2D eigenvalue weighted by molar-refractivity contribution is 0.0842. The zero-order valence-corrected chi connectivity index (χ0v) is 11.3. The van der Waals surface area contributed by atoms with E-state index in [-0.39, 0.29) is 5.54 Å². The van der Waals surface area contributed by atoms with E-state index in [1.807, 2.05) is 11.6 Å². The maximum Gasteiger partial charge on any atom is 0.115 e. The first kappa shape index (κ1) is 13.0. The van der Waals surface area contributed by atoms with Crippen LogP contribution >= 0.6 is 11.3 Å². The van der Waals surface area contributed by atoms with Gasteiger partial charge in [0.1, 0.15) is 5.01 Å². The van der Waals surface area contributed by atoms with Gasteiger partial charge < -0.3 is 14.8 Å². The number of methoxy groups -OCH3 is 2.